The van der Waals surface area contributed by atoms with Gasteiger partial charge in [0.2, 0.25) is 5.78 Å². The van der Waals surface area contributed by atoms with Crippen LogP contribution in [0.5, 0.6) is 0 Å². The molecule has 0 saturated carbocycles. The first-order valence-corrected chi connectivity index (χ1v) is 5.05. The molecule has 1 saturated heterocycles. The van der Waals surface area contributed by atoms with Gasteiger partial charge in [0.05, 0.1) is 0 Å². The molecule has 0 atom stereocenters. The molecule has 1 rings (SSSR count). The Bertz CT molecular complexity index is 364. The van der Waals surface area contributed by atoms with Crippen molar-refractivity contribution in [3.05, 3.63) is 5.53 Å². The summed E-state index contributed by atoms with van der Waals surface area (Å²) in [5.74, 6) is -0.234. The van der Waals surface area contributed by atoms with Crippen molar-refractivity contribution < 1.29 is 19.1 Å². The molecule has 1 aliphatic heterocycles. The second-order valence-electron chi connectivity index (χ2n) is 4.62. The van der Waals surface area contributed by atoms with Crippen molar-refractivity contribution in [1.82, 2.24) is 4.90 Å². The highest BCUT2D eigenvalue weighted by atomic mass is 16.6. The molecule has 0 aromatic carbocycles. The zero-order valence-corrected chi connectivity index (χ0v) is 9.69. The van der Waals surface area contributed by atoms with E-state index in [2.05, 4.69) is 4.79 Å². The summed E-state index contributed by atoms with van der Waals surface area (Å²) in [7, 11) is 0. The van der Waals surface area contributed by atoms with Crippen molar-refractivity contribution in [2.75, 3.05) is 13.1 Å². The molecular formula is C10H15N3O3. The third kappa shape index (κ3) is 3.17. The summed E-state index contributed by atoms with van der Waals surface area (Å²) >= 11 is 0. The van der Waals surface area contributed by atoms with Crippen LogP contribution < -0.4 is 0 Å². The lowest BCUT2D eigenvalue weighted by Gasteiger charge is -2.27. The first-order valence-electron chi connectivity index (χ1n) is 5.05. The molecule has 6 nitrogen and oxygen atoms in total. The number of hydrogen-bond donors (Lipinski definition) is 0. The maximum absolute atomic E-state index is 11.6. The van der Waals surface area contributed by atoms with Crippen LogP contribution in [-0.4, -0.2) is 46.0 Å². The highest BCUT2D eigenvalue weighted by Gasteiger charge is 2.33. The minimum absolute atomic E-state index is 0.00268. The summed E-state index contributed by atoms with van der Waals surface area (Å²) in [6.45, 7) is 5.60. The van der Waals surface area contributed by atoms with Gasteiger partial charge in [0.25, 0.3) is 0 Å². The number of ketones is 1. The van der Waals surface area contributed by atoms with E-state index in [1.807, 2.05) is 0 Å². The third-order valence-electron chi connectivity index (χ3n) is 2.04. The smallest absolute Gasteiger partial charge is 0.410 e. The summed E-state index contributed by atoms with van der Waals surface area (Å²) in [4.78, 5) is 27.1. The number of ether oxygens (including phenoxy) is 1. The van der Waals surface area contributed by atoms with Crippen LogP contribution in [0.25, 0.3) is 5.53 Å². The van der Waals surface area contributed by atoms with Gasteiger partial charge in [-0.15, -0.1) is 0 Å². The lowest BCUT2D eigenvalue weighted by molar-refractivity contribution is -0.119. The van der Waals surface area contributed by atoms with Crippen LogP contribution in [-0.2, 0) is 9.53 Å². The largest absolute Gasteiger partial charge is 0.444 e. The lowest BCUT2D eigenvalue weighted by Crippen LogP contribution is -2.46. The molecule has 1 heterocycles. The standard InChI is InChI=1S/C10H15N3O3/c1-10(2,3)16-9(15)13-5-4-8(14)7(6-13)12-11/h4-6H2,1-3H3. The molecule has 16 heavy (non-hydrogen) atoms. The minimum atomic E-state index is -0.574. The lowest BCUT2D eigenvalue weighted by atomic mass is 10.1. The zero-order chi connectivity index (χ0) is 12.3. The normalized spacial score (nSPS) is 17.1. The molecule has 88 valence electrons. The first-order chi connectivity index (χ1) is 7.33. The van der Waals surface area contributed by atoms with Gasteiger partial charge in [-0.3, -0.25) is 9.69 Å². The second kappa shape index (κ2) is 4.45. The SMILES string of the molecule is CC(C)(C)OC(=O)N1CCC(=O)C(=[N+]=[N-])C1. The Balaban J connectivity index is 2.66. The fraction of sp³-hybridized carbons (Fsp3) is 0.700. The molecule has 0 unspecified atom stereocenters. The van der Waals surface area contributed by atoms with E-state index in [1.54, 1.807) is 20.8 Å². The monoisotopic (exact) mass is 225 g/mol. The number of carbonyl (C=O) groups excluding carboxylic acids is 2. The van der Waals surface area contributed by atoms with Crippen LogP contribution in [0.2, 0.25) is 0 Å². The average molecular weight is 225 g/mol. The van der Waals surface area contributed by atoms with Crippen molar-refractivity contribution in [1.29, 1.82) is 0 Å². The van der Waals surface area contributed by atoms with E-state index in [4.69, 9.17) is 10.3 Å². The molecule has 0 aromatic heterocycles. The van der Waals surface area contributed by atoms with Gasteiger partial charge in [0.15, 0.2) is 0 Å². The molecule has 6 heteroatoms. The molecular weight excluding hydrogens is 210 g/mol. The highest BCUT2D eigenvalue weighted by molar-refractivity contribution is 6.39. The quantitative estimate of drug-likeness (QED) is 0.453. The number of piperidine rings is 1. The predicted molar refractivity (Wildman–Crippen MR) is 56.1 cm³/mol. The van der Waals surface area contributed by atoms with Gasteiger partial charge >= 0.3 is 11.8 Å². The van der Waals surface area contributed by atoms with E-state index < -0.39 is 11.7 Å². The molecule has 1 aliphatic rings. The number of nitrogens with zero attached hydrogens (tertiary/aromatic N) is 3. The Hall–Kier alpha value is -1.68. The first kappa shape index (κ1) is 12.4. The van der Waals surface area contributed by atoms with Crippen molar-refractivity contribution in [2.24, 2.45) is 0 Å². The minimum Gasteiger partial charge on any atom is -0.444 e. The van der Waals surface area contributed by atoms with E-state index >= 15 is 0 Å². The van der Waals surface area contributed by atoms with Crippen LogP contribution in [0, 0.1) is 0 Å². The number of Topliss-reactive ketones (excluding diaryl/α,β-unsaturated/α-hetero) is 1. The molecule has 0 bridgehead atoms. The second-order valence-corrected chi connectivity index (χ2v) is 4.62. The number of carbonyl (C=O) groups is 2. The van der Waals surface area contributed by atoms with Crippen LogP contribution in [0.1, 0.15) is 27.2 Å². The Labute approximate surface area is 93.8 Å². The maximum atomic E-state index is 11.6. The maximum Gasteiger partial charge on any atom is 0.410 e. The molecule has 0 spiro atoms. The van der Waals surface area contributed by atoms with Crippen LogP contribution in [0.15, 0.2) is 0 Å². The van der Waals surface area contributed by atoms with Crippen LogP contribution in [0.3, 0.4) is 0 Å². The summed E-state index contributed by atoms with van der Waals surface area (Å²) in [6.07, 6.45) is -0.334. The Kier molecular flexibility index (Phi) is 3.44. The molecule has 0 aliphatic carbocycles. The van der Waals surface area contributed by atoms with E-state index in [0.29, 0.717) is 6.54 Å². The number of likely N-dealkylation sites (tertiary alicyclic amines) is 1. The van der Waals surface area contributed by atoms with Crippen molar-refractivity contribution in [2.45, 2.75) is 32.8 Å². The van der Waals surface area contributed by atoms with Gasteiger partial charge in [0.1, 0.15) is 12.1 Å². The van der Waals surface area contributed by atoms with Gasteiger partial charge < -0.3 is 10.3 Å². The summed E-state index contributed by atoms with van der Waals surface area (Å²) < 4.78 is 5.14. The van der Waals surface area contributed by atoms with E-state index in [0.717, 1.165) is 0 Å². The fourth-order valence-corrected chi connectivity index (χ4v) is 1.30. The number of hydrogen-bond acceptors (Lipinski definition) is 3. The third-order valence-corrected chi connectivity index (χ3v) is 2.04. The predicted octanol–water partition coefficient (Wildman–Crippen LogP) is 0.867. The van der Waals surface area contributed by atoms with E-state index in [1.165, 1.54) is 4.90 Å². The molecule has 0 aromatic rings. The highest BCUT2D eigenvalue weighted by Crippen LogP contribution is 2.12. The Morgan fingerprint density at radius 1 is 1.50 bits per heavy atom. The van der Waals surface area contributed by atoms with E-state index in [-0.39, 0.29) is 24.5 Å². The van der Waals surface area contributed by atoms with Crippen molar-refractivity contribution in [3.8, 4) is 0 Å². The van der Waals surface area contributed by atoms with Crippen LogP contribution >= 0.6 is 0 Å². The van der Waals surface area contributed by atoms with Gasteiger partial charge in [-0.05, 0) is 20.8 Å². The van der Waals surface area contributed by atoms with Gasteiger partial charge in [-0.25, -0.2) is 4.79 Å². The van der Waals surface area contributed by atoms with Crippen LogP contribution in [0.4, 0.5) is 4.79 Å². The molecule has 0 N–H and O–H groups in total. The topological polar surface area (TPSA) is 83.0 Å². The fourth-order valence-electron chi connectivity index (χ4n) is 1.30. The summed E-state index contributed by atoms with van der Waals surface area (Å²) in [6, 6.07) is 0. The molecule has 1 amide bonds. The van der Waals surface area contributed by atoms with Crippen molar-refractivity contribution in [3.63, 3.8) is 0 Å². The average Bonchev–Trinajstić information content (AvgIpc) is 2.15. The van der Waals surface area contributed by atoms with Gasteiger partial charge in [-0.2, -0.15) is 4.79 Å². The van der Waals surface area contributed by atoms with Gasteiger partial charge in [0, 0.05) is 13.0 Å². The molecule has 1 fully saturated rings. The number of rotatable bonds is 0. The summed E-state index contributed by atoms with van der Waals surface area (Å²) in [5.41, 5.74) is 8.00. The van der Waals surface area contributed by atoms with E-state index in [9.17, 15) is 9.59 Å². The van der Waals surface area contributed by atoms with Crippen molar-refractivity contribution >= 4 is 17.6 Å². The van der Waals surface area contributed by atoms with Gasteiger partial charge in [-0.1, -0.05) is 0 Å². The zero-order valence-electron chi connectivity index (χ0n) is 9.69. The molecule has 0 radical (unpaired) electrons. The summed E-state index contributed by atoms with van der Waals surface area (Å²) in [5, 5.41) is 0. The number of amides is 1. The Morgan fingerprint density at radius 3 is 2.62 bits per heavy atom. The Morgan fingerprint density at radius 2 is 2.12 bits per heavy atom.